The minimum Gasteiger partial charge on any atom is -0.437 e. The first kappa shape index (κ1) is 12.8. The highest BCUT2D eigenvalue weighted by Crippen LogP contribution is 2.24. The van der Waals surface area contributed by atoms with Crippen LogP contribution in [0.1, 0.15) is 12.5 Å². The molecule has 0 fully saturated rings. The summed E-state index contributed by atoms with van der Waals surface area (Å²) in [4.78, 5) is 8.20. The fourth-order valence-electron chi connectivity index (χ4n) is 1.47. The number of pyridine rings is 2. The zero-order chi connectivity index (χ0) is 12.8. The van der Waals surface area contributed by atoms with E-state index in [1.165, 1.54) is 0 Å². The summed E-state index contributed by atoms with van der Waals surface area (Å²) in [5.41, 5.74) is 0.999. The standard InChI is InChI=1S/C13H14ClN3O/c1-2-15-7-10-4-3-5-17-13(10)18-12-6-11(14)8-16-9-12/h3-6,8-9,15H,2,7H2,1H3. The number of hydrogen-bond acceptors (Lipinski definition) is 4. The summed E-state index contributed by atoms with van der Waals surface area (Å²) in [6.07, 6.45) is 4.87. The van der Waals surface area contributed by atoms with Crippen molar-refractivity contribution in [2.24, 2.45) is 0 Å². The summed E-state index contributed by atoms with van der Waals surface area (Å²) >= 11 is 5.86. The van der Waals surface area contributed by atoms with Crippen molar-refractivity contribution < 1.29 is 4.74 Å². The normalized spacial score (nSPS) is 10.3. The lowest BCUT2D eigenvalue weighted by Crippen LogP contribution is -2.12. The molecule has 2 aromatic heterocycles. The lowest BCUT2D eigenvalue weighted by molar-refractivity contribution is 0.451. The smallest absolute Gasteiger partial charge is 0.223 e. The van der Waals surface area contributed by atoms with Gasteiger partial charge in [-0.05, 0) is 12.6 Å². The van der Waals surface area contributed by atoms with Gasteiger partial charge in [0.1, 0.15) is 5.75 Å². The van der Waals surface area contributed by atoms with Crippen molar-refractivity contribution in [3.05, 3.63) is 47.4 Å². The van der Waals surface area contributed by atoms with Crippen LogP contribution in [0.15, 0.2) is 36.8 Å². The van der Waals surface area contributed by atoms with E-state index in [1.54, 1.807) is 24.7 Å². The molecule has 0 unspecified atom stereocenters. The SMILES string of the molecule is CCNCc1cccnc1Oc1cncc(Cl)c1. The Morgan fingerprint density at radius 1 is 1.39 bits per heavy atom. The average molecular weight is 264 g/mol. The van der Waals surface area contributed by atoms with Gasteiger partial charge >= 0.3 is 0 Å². The van der Waals surface area contributed by atoms with Crippen molar-refractivity contribution >= 4 is 11.6 Å². The molecule has 0 radical (unpaired) electrons. The van der Waals surface area contributed by atoms with Crippen LogP contribution in [-0.2, 0) is 6.54 Å². The fraction of sp³-hybridized carbons (Fsp3) is 0.231. The molecule has 2 aromatic rings. The summed E-state index contributed by atoms with van der Waals surface area (Å²) in [6, 6.07) is 5.57. The van der Waals surface area contributed by atoms with Crippen LogP contribution in [-0.4, -0.2) is 16.5 Å². The van der Waals surface area contributed by atoms with Crippen LogP contribution in [0.2, 0.25) is 5.02 Å². The minimum atomic E-state index is 0.539. The topological polar surface area (TPSA) is 47.0 Å². The largest absolute Gasteiger partial charge is 0.437 e. The van der Waals surface area contributed by atoms with Crippen LogP contribution in [0.4, 0.5) is 0 Å². The van der Waals surface area contributed by atoms with E-state index in [2.05, 4.69) is 22.2 Å². The molecule has 0 spiro atoms. The number of hydrogen-bond donors (Lipinski definition) is 1. The molecule has 0 saturated heterocycles. The second kappa shape index (κ2) is 6.33. The van der Waals surface area contributed by atoms with Gasteiger partial charge in [-0.3, -0.25) is 4.98 Å². The fourth-order valence-corrected chi connectivity index (χ4v) is 1.63. The van der Waals surface area contributed by atoms with Crippen molar-refractivity contribution in [2.75, 3.05) is 6.54 Å². The number of nitrogens with one attached hydrogen (secondary N) is 1. The van der Waals surface area contributed by atoms with Gasteiger partial charge in [-0.2, -0.15) is 0 Å². The molecule has 2 heterocycles. The highest BCUT2D eigenvalue weighted by molar-refractivity contribution is 6.30. The average Bonchev–Trinajstić information content (AvgIpc) is 2.38. The number of ether oxygens (including phenoxy) is 1. The van der Waals surface area contributed by atoms with Gasteiger partial charge in [-0.15, -0.1) is 0 Å². The molecule has 0 saturated carbocycles. The molecule has 0 bridgehead atoms. The maximum Gasteiger partial charge on any atom is 0.223 e. The molecule has 5 heteroatoms. The van der Waals surface area contributed by atoms with Gasteiger partial charge in [-0.25, -0.2) is 4.98 Å². The second-order valence-electron chi connectivity index (χ2n) is 3.69. The monoisotopic (exact) mass is 263 g/mol. The Morgan fingerprint density at radius 2 is 2.28 bits per heavy atom. The highest BCUT2D eigenvalue weighted by Gasteiger charge is 2.06. The Kier molecular flexibility index (Phi) is 4.50. The molecule has 0 aliphatic rings. The number of rotatable bonds is 5. The van der Waals surface area contributed by atoms with Crippen molar-refractivity contribution in [3.63, 3.8) is 0 Å². The summed E-state index contributed by atoms with van der Waals surface area (Å²) in [5, 5.41) is 3.78. The molecule has 4 nitrogen and oxygen atoms in total. The van der Waals surface area contributed by atoms with Crippen molar-refractivity contribution in [1.29, 1.82) is 0 Å². The van der Waals surface area contributed by atoms with E-state index < -0.39 is 0 Å². The Morgan fingerprint density at radius 3 is 3.06 bits per heavy atom. The van der Waals surface area contributed by atoms with E-state index >= 15 is 0 Å². The zero-order valence-electron chi connectivity index (χ0n) is 10.1. The van der Waals surface area contributed by atoms with Crippen LogP contribution >= 0.6 is 11.6 Å². The molecular weight excluding hydrogens is 250 g/mol. The Labute approximate surface area is 111 Å². The number of aromatic nitrogens is 2. The Hall–Kier alpha value is -1.65. The minimum absolute atomic E-state index is 0.539. The van der Waals surface area contributed by atoms with E-state index in [-0.39, 0.29) is 0 Å². The van der Waals surface area contributed by atoms with E-state index in [0.29, 0.717) is 23.2 Å². The molecule has 2 rings (SSSR count). The molecule has 0 aliphatic carbocycles. The predicted molar refractivity (Wildman–Crippen MR) is 70.9 cm³/mol. The maximum atomic E-state index is 5.86. The molecular formula is C13H14ClN3O. The summed E-state index contributed by atoms with van der Waals surface area (Å²) in [6.45, 7) is 3.67. The van der Waals surface area contributed by atoms with Crippen molar-refractivity contribution in [3.8, 4) is 11.6 Å². The molecule has 0 aliphatic heterocycles. The highest BCUT2D eigenvalue weighted by atomic mass is 35.5. The second-order valence-corrected chi connectivity index (χ2v) is 4.13. The summed E-state index contributed by atoms with van der Waals surface area (Å²) in [7, 11) is 0. The van der Waals surface area contributed by atoms with Crippen molar-refractivity contribution in [2.45, 2.75) is 13.5 Å². The molecule has 94 valence electrons. The number of nitrogens with zero attached hydrogens (tertiary/aromatic N) is 2. The van der Waals surface area contributed by atoms with Gasteiger partial charge < -0.3 is 10.1 Å². The predicted octanol–water partition coefficient (Wildman–Crippen LogP) is 3.03. The summed E-state index contributed by atoms with van der Waals surface area (Å²) < 4.78 is 5.69. The summed E-state index contributed by atoms with van der Waals surface area (Å²) in [5.74, 6) is 1.15. The van der Waals surface area contributed by atoms with Gasteiger partial charge in [0.15, 0.2) is 0 Å². The lowest BCUT2D eigenvalue weighted by atomic mass is 10.2. The molecule has 0 aromatic carbocycles. The van der Waals surface area contributed by atoms with Crippen LogP contribution in [0.25, 0.3) is 0 Å². The van der Waals surface area contributed by atoms with E-state index in [1.807, 2.05) is 12.1 Å². The first-order valence-electron chi connectivity index (χ1n) is 5.72. The van der Waals surface area contributed by atoms with Gasteiger partial charge in [0.25, 0.3) is 0 Å². The molecule has 1 N–H and O–H groups in total. The lowest BCUT2D eigenvalue weighted by Gasteiger charge is -2.09. The number of halogens is 1. The van der Waals surface area contributed by atoms with E-state index in [4.69, 9.17) is 16.3 Å². The third-order valence-electron chi connectivity index (χ3n) is 2.31. The molecule has 0 atom stereocenters. The first-order chi connectivity index (χ1) is 8.79. The third kappa shape index (κ3) is 3.42. The quantitative estimate of drug-likeness (QED) is 0.901. The molecule has 18 heavy (non-hydrogen) atoms. The van der Waals surface area contributed by atoms with Gasteiger partial charge in [-0.1, -0.05) is 24.6 Å². The third-order valence-corrected chi connectivity index (χ3v) is 2.52. The van der Waals surface area contributed by atoms with Crippen LogP contribution < -0.4 is 10.1 Å². The van der Waals surface area contributed by atoms with E-state index in [9.17, 15) is 0 Å². The van der Waals surface area contributed by atoms with Crippen LogP contribution in [0.3, 0.4) is 0 Å². The van der Waals surface area contributed by atoms with Gasteiger partial charge in [0.05, 0.1) is 11.2 Å². The van der Waals surface area contributed by atoms with Gasteiger partial charge in [0.2, 0.25) is 5.88 Å². The zero-order valence-corrected chi connectivity index (χ0v) is 10.8. The first-order valence-corrected chi connectivity index (χ1v) is 6.10. The van der Waals surface area contributed by atoms with E-state index in [0.717, 1.165) is 12.1 Å². The van der Waals surface area contributed by atoms with Crippen molar-refractivity contribution in [1.82, 2.24) is 15.3 Å². The Balaban J connectivity index is 2.17. The maximum absolute atomic E-state index is 5.86. The Bertz CT molecular complexity index is 519. The molecule has 0 amide bonds. The van der Waals surface area contributed by atoms with Gasteiger partial charge in [0, 0.05) is 30.6 Å². The van der Waals surface area contributed by atoms with Crippen LogP contribution in [0.5, 0.6) is 11.6 Å². The van der Waals surface area contributed by atoms with Crippen LogP contribution in [0, 0.1) is 0 Å².